The molecular weight excluding hydrogens is 278 g/mol. The fraction of sp³-hybridized carbons (Fsp3) is 0.812. The summed E-state index contributed by atoms with van der Waals surface area (Å²) in [5.41, 5.74) is 0. The Bertz CT molecular complexity index is 539. The molecule has 3 rings (SSSR count). The van der Waals surface area contributed by atoms with Crippen LogP contribution in [0.25, 0.3) is 0 Å². The van der Waals surface area contributed by atoms with Crippen LogP contribution in [0.5, 0.6) is 0 Å². The average molecular weight is 305 g/mol. The quantitative estimate of drug-likeness (QED) is 0.925. The predicted molar refractivity (Wildman–Crippen MR) is 84.6 cm³/mol. The van der Waals surface area contributed by atoms with Crippen molar-refractivity contribution < 1.29 is 4.79 Å². The molecule has 2 atom stereocenters. The molecule has 1 aromatic heterocycles. The second-order valence-electron chi connectivity index (χ2n) is 6.91. The highest BCUT2D eigenvalue weighted by molar-refractivity contribution is 5.75. The van der Waals surface area contributed by atoms with Gasteiger partial charge >= 0.3 is 6.03 Å². The van der Waals surface area contributed by atoms with Crippen molar-refractivity contribution in [2.45, 2.75) is 71.5 Å². The number of aromatic nitrogens is 3. The van der Waals surface area contributed by atoms with Crippen LogP contribution >= 0.6 is 0 Å². The zero-order chi connectivity index (χ0) is 15.7. The molecule has 6 heteroatoms. The number of nitrogens with one attached hydrogen (secondary N) is 1. The number of carbonyl (C=O) groups excluding carboxylic acids is 1. The minimum absolute atomic E-state index is 0.102. The van der Waals surface area contributed by atoms with Gasteiger partial charge in [-0.3, -0.25) is 0 Å². The zero-order valence-corrected chi connectivity index (χ0v) is 13.9. The van der Waals surface area contributed by atoms with Gasteiger partial charge in [0.1, 0.15) is 11.6 Å². The van der Waals surface area contributed by atoms with Crippen molar-refractivity contribution in [2.24, 2.45) is 5.92 Å². The van der Waals surface area contributed by atoms with E-state index in [1.54, 1.807) is 0 Å². The van der Waals surface area contributed by atoms with Gasteiger partial charge in [0, 0.05) is 32.0 Å². The van der Waals surface area contributed by atoms with E-state index in [0.717, 1.165) is 56.8 Å². The highest BCUT2D eigenvalue weighted by Crippen LogP contribution is 2.31. The lowest BCUT2D eigenvalue weighted by Gasteiger charge is -2.28. The number of hydrogen-bond donors (Lipinski definition) is 1. The number of aryl methyl sites for hydroxylation is 1. The highest BCUT2D eigenvalue weighted by Gasteiger charge is 2.40. The summed E-state index contributed by atoms with van der Waals surface area (Å²) in [5, 5.41) is 11.7. The van der Waals surface area contributed by atoms with Crippen molar-refractivity contribution in [1.82, 2.24) is 25.0 Å². The van der Waals surface area contributed by atoms with E-state index in [2.05, 4.69) is 45.8 Å². The summed E-state index contributed by atoms with van der Waals surface area (Å²) in [6, 6.07) is 0.663. The van der Waals surface area contributed by atoms with E-state index < -0.39 is 0 Å². The van der Waals surface area contributed by atoms with Crippen LogP contribution in [0, 0.1) is 5.92 Å². The molecule has 3 heterocycles. The van der Waals surface area contributed by atoms with Gasteiger partial charge in [0.15, 0.2) is 0 Å². The molecule has 0 aromatic carbocycles. The Morgan fingerprint density at radius 1 is 1.32 bits per heavy atom. The van der Waals surface area contributed by atoms with E-state index in [1.807, 2.05) is 0 Å². The van der Waals surface area contributed by atoms with Gasteiger partial charge in [-0.05, 0) is 25.2 Å². The topological polar surface area (TPSA) is 63.1 Å². The van der Waals surface area contributed by atoms with E-state index in [0.29, 0.717) is 5.92 Å². The highest BCUT2D eigenvalue weighted by atomic mass is 16.2. The van der Waals surface area contributed by atoms with Gasteiger partial charge in [0.05, 0.1) is 6.04 Å². The maximum Gasteiger partial charge on any atom is 0.317 e. The smallest absolute Gasteiger partial charge is 0.317 e. The van der Waals surface area contributed by atoms with Crippen LogP contribution in [0.2, 0.25) is 0 Å². The molecule has 6 nitrogen and oxygen atoms in total. The summed E-state index contributed by atoms with van der Waals surface area (Å²) in [5.74, 6) is 2.70. The van der Waals surface area contributed by atoms with E-state index >= 15 is 0 Å². The summed E-state index contributed by atoms with van der Waals surface area (Å²) < 4.78 is 2.23. The second-order valence-corrected chi connectivity index (χ2v) is 6.91. The average Bonchev–Trinajstić information content (AvgIpc) is 2.98. The summed E-state index contributed by atoms with van der Waals surface area (Å²) in [7, 11) is 0. The van der Waals surface area contributed by atoms with Gasteiger partial charge in [0.2, 0.25) is 0 Å². The van der Waals surface area contributed by atoms with Crippen molar-refractivity contribution in [3.05, 3.63) is 11.6 Å². The van der Waals surface area contributed by atoms with Crippen LogP contribution in [0.4, 0.5) is 4.79 Å². The van der Waals surface area contributed by atoms with E-state index in [1.165, 1.54) is 0 Å². The molecule has 2 unspecified atom stereocenters. The van der Waals surface area contributed by atoms with Gasteiger partial charge in [-0.1, -0.05) is 20.8 Å². The second kappa shape index (κ2) is 6.26. The molecule has 22 heavy (non-hydrogen) atoms. The van der Waals surface area contributed by atoms with Crippen LogP contribution in [0.1, 0.15) is 51.7 Å². The van der Waals surface area contributed by atoms with Crippen LogP contribution in [0.15, 0.2) is 0 Å². The lowest BCUT2D eigenvalue weighted by molar-refractivity contribution is 0.170. The van der Waals surface area contributed by atoms with Crippen LogP contribution in [-0.2, 0) is 19.4 Å². The number of fused-ring (bicyclic) bond motifs is 3. The molecule has 1 saturated heterocycles. The number of rotatable bonds is 4. The van der Waals surface area contributed by atoms with Gasteiger partial charge in [-0.15, -0.1) is 10.2 Å². The summed E-state index contributed by atoms with van der Waals surface area (Å²) in [6.07, 6.45) is 4.92. The lowest BCUT2D eigenvalue weighted by Crippen LogP contribution is -2.48. The van der Waals surface area contributed by atoms with Gasteiger partial charge < -0.3 is 14.8 Å². The molecule has 122 valence electrons. The third-order valence-electron chi connectivity index (χ3n) is 4.88. The minimum Gasteiger partial charge on any atom is -0.338 e. The minimum atomic E-state index is 0.102. The Labute approximate surface area is 132 Å². The first-order chi connectivity index (χ1) is 10.6. The molecule has 1 fully saturated rings. The van der Waals surface area contributed by atoms with E-state index in [9.17, 15) is 4.79 Å². The number of hydrogen-bond acceptors (Lipinski definition) is 3. The Morgan fingerprint density at radius 2 is 2.09 bits per heavy atom. The summed E-state index contributed by atoms with van der Waals surface area (Å²) in [6.45, 7) is 8.08. The van der Waals surface area contributed by atoms with Crippen molar-refractivity contribution in [2.75, 3.05) is 6.54 Å². The number of amides is 2. The molecule has 2 bridgehead atoms. The maximum absolute atomic E-state index is 12.6. The van der Waals surface area contributed by atoms with Crippen LogP contribution in [0.3, 0.4) is 0 Å². The predicted octanol–water partition coefficient (Wildman–Crippen LogP) is 1.99. The lowest BCUT2D eigenvalue weighted by atomic mass is 10.1. The molecule has 2 aliphatic rings. The molecule has 0 saturated carbocycles. The normalized spacial score (nSPS) is 23.5. The van der Waals surface area contributed by atoms with Gasteiger partial charge in [-0.25, -0.2) is 4.79 Å². The van der Waals surface area contributed by atoms with Gasteiger partial charge in [-0.2, -0.15) is 0 Å². The Kier molecular flexibility index (Phi) is 4.36. The first kappa shape index (κ1) is 15.3. The van der Waals surface area contributed by atoms with Crippen LogP contribution < -0.4 is 5.32 Å². The monoisotopic (exact) mass is 305 g/mol. The zero-order valence-electron chi connectivity index (χ0n) is 13.9. The van der Waals surface area contributed by atoms with Crippen molar-refractivity contribution in [3.63, 3.8) is 0 Å². The molecule has 0 spiro atoms. The largest absolute Gasteiger partial charge is 0.338 e. The fourth-order valence-corrected chi connectivity index (χ4v) is 3.65. The molecule has 0 radical (unpaired) electrons. The van der Waals surface area contributed by atoms with E-state index in [4.69, 9.17) is 0 Å². The number of urea groups is 1. The molecule has 1 N–H and O–H groups in total. The van der Waals surface area contributed by atoms with E-state index in [-0.39, 0.29) is 18.1 Å². The van der Waals surface area contributed by atoms with Crippen molar-refractivity contribution in [3.8, 4) is 0 Å². The maximum atomic E-state index is 12.6. The molecule has 2 aliphatic heterocycles. The van der Waals surface area contributed by atoms with Crippen molar-refractivity contribution in [1.29, 1.82) is 0 Å². The van der Waals surface area contributed by atoms with Crippen molar-refractivity contribution >= 4 is 6.03 Å². The molecule has 0 aliphatic carbocycles. The standard InChI is InChI=1S/C16H27N5O/c1-4-14-18-19-15-9-12-5-6-13(10-20(14)15)21(12)16(22)17-8-7-11(2)3/h11-13H,4-10H2,1-3H3,(H,17,22). The Hall–Kier alpha value is -1.59. The molecule has 2 amide bonds. The number of carbonyl (C=O) groups is 1. The first-order valence-electron chi connectivity index (χ1n) is 8.57. The van der Waals surface area contributed by atoms with Crippen LogP contribution in [-0.4, -0.2) is 44.3 Å². The molecule has 1 aromatic rings. The Balaban J connectivity index is 1.70. The fourth-order valence-electron chi connectivity index (χ4n) is 3.65. The molecular formula is C16H27N5O. The summed E-state index contributed by atoms with van der Waals surface area (Å²) >= 11 is 0. The summed E-state index contributed by atoms with van der Waals surface area (Å²) in [4.78, 5) is 14.7. The Morgan fingerprint density at radius 3 is 2.82 bits per heavy atom. The first-order valence-corrected chi connectivity index (χ1v) is 8.57. The van der Waals surface area contributed by atoms with Gasteiger partial charge in [0.25, 0.3) is 0 Å². The third kappa shape index (κ3) is 2.83. The third-order valence-corrected chi connectivity index (χ3v) is 4.88. The number of nitrogens with zero attached hydrogens (tertiary/aromatic N) is 4. The SMILES string of the molecule is CCc1nnc2n1CC1CCC(C2)N1C(=O)NCCC(C)C.